The number of rotatable bonds is 9. The molecule has 1 nitrogen and oxygen atoms in total. The molecule has 0 amide bonds. The third-order valence-corrected chi connectivity index (χ3v) is 9.68. The van der Waals surface area contributed by atoms with Gasteiger partial charge in [0.1, 0.15) is 0 Å². The van der Waals surface area contributed by atoms with Gasteiger partial charge in [-0.25, -0.2) is 0 Å². The lowest BCUT2D eigenvalue weighted by Gasteiger charge is -2.38. The van der Waals surface area contributed by atoms with Gasteiger partial charge < -0.3 is 4.74 Å². The summed E-state index contributed by atoms with van der Waals surface area (Å²) in [7, 11) is 0. The number of hydrogen-bond donors (Lipinski definition) is 0. The summed E-state index contributed by atoms with van der Waals surface area (Å²) in [4.78, 5) is 0. The number of ether oxygens (including phenoxy) is 1. The van der Waals surface area contributed by atoms with Crippen LogP contribution in [-0.4, -0.2) is 12.7 Å². The molecule has 180 valence electrons. The van der Waals surface area contributed by atoms with Gasteiger partial charge in [0.25, 0.3) is 0 Å². The maximum atomic E-state index is 5.84. The second-order valence-electron chi connectivity index (χ2n) is 11.8. The van der Waals surface area contributed by atoms with Crippen LogP contribution in [0.2, 0.25) is 0 Å². The maximum Gasteiger partial charge on any atom is 0.0575 e. The Bertz CT molecular complexity index is 615. The standard InChI is InChI=1S/C31H50O/c1-3-32-31-21-15-26(16-22-31)10-9-25-11-17-29(18-12-25)30-19-13-27(14-20-30)23-24(2)28-7-5-4-6-8-28/h4-8,24-27,29-31H,3,9-23H2,1-2H3/t24-,25?,26?,27?,29?,30?,31?/m0/s1. The summed E-state index contributed by atoms with van der Waals surface area (Å²) < 4.78 is 5.84. The van der Waals surface area contributed by atoms with E-state index in [-0.39, 0.29) is 0 Å². The molecule has 0 N–H and O–H groups in total. The van der Waals surface area contributed by atoms with Gasteiger partial charge in [0.2, 0.25) is 0 Å². The molecule has 0 aliphatic heterocycles. The van der Waals surface area contributed by atoms with Crippen molar-refractivity contribution in [3.63, 3.8) is 0 Å². The Labute approximate surface area is 199 Å². The van der Waals surface area contributed by atoms with Crippen molar-refractivity contribution in [2.45, 2.75) is 122 Å². The number of hydrogen-bond acceptors (Lipinski definition) is 1. The molecule has 1 aromatic carbocycles. The lowest BCUT2D eigenvalue weighted by molar-refractivity contribution is 0.0237. The Hall–Kier alpha value is -0.820. The first-order valence-electron chi connectivity index (χ1n) is 14.4. The summed E-state index contributed by atoms with van der Waals surface area (Å²) in [5.74, 6) is 5.84. The summed E-state index contributed by atoms with van der Waals surface area (Å²) >= 11 is 0. The first-order chi connectivity index (χ1) is 15.7. The van der Waals surface area contributed by atoms with Gasteiger partial charge in [-0.1, -0.05) is 75.8 Å². The molecule has 0 spiro atoms. The fourth-order valence-corrected chi connectivity index (χ4v) is 7.56. The van der Waals surface area contributed by atoms with Crippen LogP contribution < -0.4 is 0 Å². The van der Waals surface area contributed by atoms with Crippen LogP contribution in [0.1, 0.15) is 122 Å². The maximum absolute atomic E-state index is 5.84. The van der Waals surface area contributed by atoms with E-state index in [1.165, 1.54) is 102 Å². The molecule has 0 radical (unpaired) electrons. The molecular weight excluding hydrogens is 388 g/mol. The molecule has 0 bridgehead atoms. The van der Waals surface area contributed by atoms with E-state index in [1.807, 2.05) is 0 Å². The van der Waals surface area contributed by atoms with E-state index in [0.717, 1.165) is 42.1 Å². The second kappa shape index (κ2) is 12.6. The van der Waals surface area contributed by atoms with E-state index in [2.05, 4.69) is 44.2 Å². The van der Waals surface area contributed by atoms with Crippen LogP contribution >= 0.6 is 0 Å². The van der Waals surface area contributed by atoms with Crippen molar-refractivity contribution in [1.82, 2.24) is 0 Å². The van der Waals surface area contributed by atoms with Crippen LogP contribution in [0.25, 0.3) is 0 Å². The zero-order valence-corrected chi connectivity index (χ0v) is 21.2. The van der Waals surface area contributed by atoms with Crippen molar-refractivity contribution in [3.8, 4) is 0 Å². The van der Waals surface area contributed by atoms with Crippen molar-refractivity contribution >= 4 is 0 Å². The molecule has 4 rings (SSSR count). The van der Waals surface area contributed by atoms with Gasteiger partial charge >= 0.3 is 0 Å². The molecule has 3 fully saturated rings. The van der Waals surface area contributed by atoms with E-state index in [4.69, 9.17) is 4.74 Å². The fraction of sp³-hybridized carbons (Fsp3) is 0.806. The Morgan fingerprint density at radius 3 is 1.72 bits per heavy atom. The Balaban J connectivity index is 1.09. The van der Waals surface area contributed by atoms with Crippen LogP contribution in [0.3, 0.4) is 0 Å². The van der Waals surface area contributed by atoms with Crippen LogP contribution in [0.15, 0.2) is 30.3 Å². The fourth-order valence-electron chi connectivity index (χ4n) is 7.56. The third kappa shape index (κ3) is 7.09. The van der Waals surface area contributed by atoms with Gasteiger partial charge in [-0.05, 0) is 106 Å². The SMILES string of the molecule is CCOC1CCC(CCC2CCC(C3CCC(C[C@H](C)c4ccccc4)CC3)CC2)CC1. The highest BCUT2D eigenvalue weighted by molar-refractivity contribution is 5.18. The van der Waals surface area contributed by atoms with E-state index >= 15 is 0 Å². The van der Waals surface area contributed by atoms with Gasteiger partial charge in [-0.15, -0.1) is 0 Å². The lowest BCUT2D eigenvalue weighted by Crippen LogP contribution is -2.26. The highest BCUT2D eigenvalue weighted by Crippen LogP contribution is 2.44. The Morgan fingerprint density at radius 1 is 0.688 bits per heavy atom. The Kier molecular flexibility index (Phi) is 9.56. The normalized spacial score (nSPS) is 34.8. The average molecular weight is 439 g/mol. The quantitative estimate of drug-likeness (QED) is 0.373. The smallest absolute Gasteiger partial charge is 0.0575 e. The summed E-state index contributed by atoms with van der Waals surface area (Å²) in [6.07, 6.45) is 22.6. The zero-order valence-electron chi connectivity index (χ0n) is 21.2. The van der Waals surface area contributed by atoms with Gasteiger partial charge in [0, 0.05) is 6.61 Å². The third-order valence-electron chi connectivity index (χ3n) is 9.68. The summed E-state index contributed by atoms with van der Waals surface area (Å²) in [5, 5.41) is 0. The lowest BCUT2D eigenvalue weighted by atomic mass is 9.67. The molecule has 32 heavy (non-hydrogen) atoms. The zero-order chi connectivity index (χ0) is 22.2. The predicted octanol–water partition coefficient (Wildman–Crippen LogP) is 9.17. The molecule has 1 aromatic rings. The van der Waals surface area contributed by atoms with Crippen LogP contribution in [0, 0.1) is 29.6 Å². The van der Waals surface area contributed by atoms with E-state index < -0.39 is 0 Å². The Morgan fingerprint density at radius 2 is 1.19 bits per heavy atom. The van der Waals surface area contributed by atoms with Gasteiger partial charge in [0.05, 0.1) is 6.10 Å². The van der Waals surface area contributed by atoms with Crippen molar-refractivity contribution < 1.29 is 4.74 Å². The van der Waals surface area contributed by atoms with Crippen molar-refractivity contribution in [2.75, 3.05) is 6.61 Å². The second-order valence-corrected chi connectivity index (χ2v) is 11.8. The minimum absolute atomic E-state index is 0.573. The summed E-state index contributed by atoms with van der Waals surface area (Å²) in [5.41, 5.74) is 1.54. The average Bonchev–Trinajstić information content (AvgIpc) is 2.85. The van der Waals surface area contributed by atoms with E-state index in [0.29, 0.717) is 6.10 Å². The predicted molar refractivity (Wildman–Crippen MR) is 137 cm³/mol. The molecule has 3 aliphatic rings. The topological polar surface area (TPSA) is 9.23 Å². The van der Waals surface area contributed by atoms with E-state index in [9.17, 15) is 0 Å². The number of benzene rings is 1. The van der Waals surface area contributed by atoms with Gasteiger partial charge in [-0.3, -0.25) is 0 Å². The van der Waals surface area contributed by atoms with Crippen LogP contribution in [0.4, 0.5) is 0 Å². The van der Waals surface area contributed by atoms with Crippen molar-refractivity contribution in [3.05, 3.63) is 35.9 Å². The molecule has 1 heteroatoms. The largest absolute Gasteiger partial charge is 0.379 e. The molecule has 0 aromatic heterocycles. The highest BCUT2D eigenvalue weighted by Gasteiger charge is 2.31. The molecule has 0 heterocycles. The molecule has 1 atom stereocenters. The first-order valence-corrected chi connectivity index (χ1v) is 14.4. The molecule has 3 aliphatic carbocycles. The summed E-state index contributed by atoms with van der Waals surface area (Å²) in [6, 6.07) is 11.2. The van der Waals surface area contributed by atoms with Gasteiger partial charge in [-0.2, -0.15) is 0 Å². The highest BCUT2D eigenvalue weighted by atomic mass is 16.5. The molecule has 3 saturated carbocycles. The van der Waals surface area contributed by atoms with E-state index in [1.54, 1.807) is 0 Å². The van der Waals surface area contributed by atoms with Crippen LogP contribution in [-0.2, 0) is 4.74 Å². The molecule has 0 saturated heterocycles. The van der Waals surface area contributed by atoms with Crippen LogP contribution in [0.5, 0.6) is 0 Å². The monoisotopic (exact) mass is 438 g/mol. The minimum Gasteiger partial charge on any atom is -0.379 e. The molecule has 0 unspecified atom stereocenters. The first kappa shape index (κ1) is 24.3. The minimum atomic E-state index is 0.573. The van der Waals surface area contributed by atoms with Crippen molar-refractivity contribution in [2.24, 2.45) is 29.6 Å². The van der Waals surface area contributed by atoms with Gasteiger partial charge in [0.15, 0.2) is 0 Å². The molecular formula is C31H50O. The summed E-state index contributed by atoms with van der Waals surface area (Å²) in [6.45, 7) is 5.47. The van der Waals surface area contributed by atoms with Crippen molar-refractivity contribution in [1.29, 1.82) is 0 Å².